The summed E-state index contributed by atoms with van der Waals surface area (Å²) < 4.78 is 5.42. The lowest BCUT2D eigenvalue weighted by molar-refractivity contribution is 0.357. The minimum atomic E-state index is 0.353. The van der Waals surface area contributed by atoms with E-state index in [-0.39, 0.29) is 0 Å². The number of fused-ring (bicyclic) bond motifs is 1. The van der Waals surface area contributed by atoms with Gasteiger partial charge in [0.05, 0.1) is 0 Å². The molecule has 0 unspecified atom stereocenters. The molecule has 94 valence electrons. The van der Waals surface area contributed by atoms with E-state index in [2.05, 4.69) is 27.3 Å². The molecule has 0 saturated carbocycles. The topological polar surface area (TPSA) is 54.7 Å². The molecule has 4 heteroatoms. The lowest BCUT2D eigenvalue weighted by atomic mass is 10.1. The fraction of sp³-hybridized carbons (Fsp3) is 0.200. The highest BCUT2D eigenvalue weighted by atomic mass is 16.5. The molecule has 2 heterocycles. The van der Waals surface area contributed by atoms with Crippen LogP contribution in [0.1, 0.15) is 24.7 Å². The molecular weight excluding hydrogens is 238 g/mol. The second-order valence-corrected chi connectivity index (χ2v) is 4.84. The number of hydrogen-bond donors (Lipinski definition) is 1. The Balaban J connectivity index is 1.78. The van der Waals surface area contributed by atoms with E-state index in [4.69, 9.17) is 4.52 Å². The second-order valence-electron chi connectivity index (χ2n) is 4.84. The van der Waals surface area contributed by atoms with Crippen LogP contribution in [-0.2, 0) is 0 Å². The number of rotatable bonds is 2. The molecule has 1 aromatic carbocycles. The second kappa shape index (κ2) is 4.09. The summed E-state index contributed by atoms with van der Waals surface area (Å²) in [5.74, 6) is 1.77. The van der Waals surface area contributed by atoms with E-state index in [0.717, 1.165) is 35.2 Å². The Labute approximate surface area is 110 Å². The first-order chi connectivity index (χ1) is 9.42. The highest BCUT2D eigenvalue weighted by Gasteiger charge is 2.20. The average molecular weight is 251 g/mol. The van der Waals surface area contributed by atoms with E-state index in [9.17, 15) is 0 Å². The van der Waals surface area contributed by atoms with E-state index in [1.807, 2.05) is 30.5 Å². The molecule has 2 aromatic heterocycles. The normalized spacial score (nSPS) is 15.6. The van der Waals surface area contributed by atoms with Crippen molar-refractivity contribution in [3.63, 3.8) is 0 Å². The van der Waals surface area contributed by atoms with Crippen LogP contribution in [0.15, 0.2) is 47.1 Å². The molecule has 1 aliphatic rings. The van der Waals surface area contributed by atoms with Crippen molar-refractivity contribution in [2.24, 2.45) is 0 Å². The SMILES string of the molecule is C1=CCC(c2nc(-c3cccc4[nH]ccc34)no2)C1. The molecule has 1 N–H and O–H groups in total. The number of allylic oxidation sites excluding steroid dienone is 2. The number of H-pyrrole nitrogens is 1. The molecule has 0 atom stereocenters. The van der Waals surface area contributed by atoms with Crippen LogP contribution in [-0.4, -0.2) is 15.1 Å². The molecular formula is C15H13N3O. The predicted octanol–water partition coefficient (Wildman–Crippen LogP) is 3.65. The van der Waals surface area contributed by atoms with Crippen molar-refractivity contribution in [2.45, 2.75) is 18.8 Å². The maximum atomic E-state index is 5.42. The maximum Gasteiger partial charge on any atom is 0.230 e. The largest absolute Gasteiger partial charge is 0.361 e. The standard InChI is InChI=1S/C15H13N3O/c1-2-5-10(4-1)15-17-14(18-19-15)12-6-3-7-13-11(12)8-9-16-13/h1-3,6-10,16H,4-5H2. The van der Waals surface area contributed by atoms with Crippen LogP contribution in [0.25, 0.3) is 22.3 Å². The van der Waals surface area contributed by atoms with Gasteiger partial charge in [0.2, 0.25) is 11.7 Å². The van der Waals surface area contributed by atoms with Crippen LogP contribution >= 0.6 is 0 Å². The molecule has 0 spiro atoms. The summed E-state index contributed by atoms with van der Waals surface area (Å²) in [7, 11) is 0. The zero-order chi connectivity index (χ0) is 12.7. The number of nitrogens with zero attached hydrogens (tertiary/aromatic N) is 2. The number of nitrogens with one attached hydrogen (secondary N) is 1. The van der Waals surface area contributed by atoms with Gasteiger partial charge < -0.3 is 9.51 Å². The molecule has 4 nitrogen and oxygen atoms in total. The van der Waals surface area contributed by atoms with Crippen LogP contribution in [0.3, 0.4) is 0 Å². The fourth-order valence-electron chi connectivity index (χ4n) is 2.61. The fourth-order valence-corrected chi connectivity index (χ4v) is 2.61. The Morgan fingerprint density at radius 1 is 1.16 bits per heavy atom. The third-order valence-corrected chi connectivity index (χ3v) is 3.63. The van der Waals surface area contributed by atoms with Crippen LogP contribution < -0.4 is 0 Å². The van der Waals surface area contributed by atoms with Gasteiger partial charge in [0.1, 0.15) is 0 Å². The molecule has 0 aliphatic heterocycles. The Bertz CT molecular complexity index is 745. The van der Waals surface area contributed by atoms with Gasteiger partial charge in [0.15, 0.2) is 0 Å². The highest BCUT2D eigenvalue weighted by molar-refractivity contribution is 5.93. The summed E-state index contributed by atoms with van der Waals surface area (Å²) in [6.07, 6.45) is 8.25. The minimum absolute atomic E-state index is 0.353. The first-order valence-corrected chi connectivity index (χ1v) is 6.47. The van der Waals surface area contributed by atoms with Gasteiger partial charge in [-0.3, -0.25) is 0 Å². The van der Waals surface area contributed by atoms with E-state index in [0.29, 0.717) is 11.7 Å². The zero-order valence-corrected chi connectivity index (χ0v) is 10.3. The Morgan fingerprint density at radius 2 is 2.05 bits per heavy atom. The quantitative estimate of drug-likeness (QED) is 0.707. The van der Waals surface area contributed by atoms with Crippen molar-refractivity contribution in [3.05, 3.63) is 48.5 Å². The molecule has 0 radical (unpaired) electrons. The highest BCUT2D eigenvalue weighted by Crippen LogP contribution is 2.31. The zero-order valence-electron chi connectivity index (χ0n) is 10.3. The first kappa shape index (κ1) is 10.6. The van der Waals surface area contributed by atoms with Gasteiger partial charge in [-0.2, -0.15) is 4.98 Å². The molecule has 19 heavy (non-hydrogen) atoms. The molecule has 1 aliphatic carbocycles. The number of benzene rings is 1. The van der Waals surface area contributed by atoms with E-state index in [1.54, 1.807) is 0 Å². The van der Waals surface area contributed by atoms with E-state index in [1.165, 1.54) is 0 Å². The molecule has 3 aromatic rings. The third kappa shape index (κ3) is 1.68. The molecule has 4 rings (SSSR count). The van der Waals surface area contributed by atoms with Crippen molar-refractivity contribution in [2.75, 3.05) is 0 Å². The van der Waals surface area contributed by atoms with E-state index < -0.39 is 0 Å². The summed E-state index contributed by atoms with van der Waals surface area (Å²) in [4.78, 5) is 7.76. The van der Waals surface area contributed by atoms with Crippen LogP contribution in [0.2, 0.25) is 0 Å². The predicted molar refractivity (Wildman–Crippen MR) is 72.7 cm³/mol. The van der Waals surface area contributed by atoms with Crippen LogP contribution in [0, 0.1) is 0 Å². The van der Waals surface area contributed by atoms with Crippen molar-refractivity contribution >= 4 is 10.9 Å². The summed E-state index contributed by atoms with van der Waals surface area (Å²) >= 11 is 0. The van der Waals surface area contributed by atoms with Crippen LogP contribution in [0.4, 0.5) is 0 Å². The van der Waals surface area contributed by atoms with Crippen LogP contribution in [0.5, 0.6) is 0 Å². The summed E-state index contributed by atoms with van der Waals surface area (Å²) in [6, 6.07) is 8.11. The first-order valence-electron chi connectivity index (χ1n) is 6.47. The Kier molecular flexibility index (Phi) is 2.27. The van der Waals surface area contributed by atoms with E-state index >= 15 is 0 Å². The van der Waals surface area contributed by atoms with Gasteiger partial charge in [-0.15, -0.1) is 0 Å². The van der Waals surface area contributed by atoms with Crippen molar-refractivity contribution < 1.29 is 4.52 Å². The molecule has 0 saturated heterocycles. The number of hydrogen-bond acceptors (Lipinski definition) is 3. The summed E-state index contributed by atoms with van der Waals surface area (Å²) in [5, 5.41) is 5.26. The molecule has 0 fully saturated rings. The lowest BCUT2D eigenvalue weighted by Crippen LogP contribution is -1.92. The number of aromatic amines is 1. The Morgan fingerprint density at radius 3 is 2.95 bits per heavy atom. The van der Waals surface area contributed by atoms with Gasteiger partial charge in [0, 0.05) is 28.6 Å². The van der Waals surface area contributed by atoms with Crippen molar-refractivity contribution in [3.8, 4) is 11.4 Å². The summed E-state index contributed by atoms with van der Waals surface area (Å²) in [5.41, 5.74) is 2.10. The average Bonchev–Trinajstić information content (AvgIpc) is 3.18. The monoisotopic (exact) mass is 251 g/mol. The Hall–Kier alpha value is -2.36. The minimum Gasteiger partial charge on any atom is -0.361 e. The smallest absolute Gasteiger partial charge is 0.230 e. The van der Waals surface area contributed by atoms with Gasteiger partial charge >= 0.3 is 0 Å². The third-order valence-electron chi connectivity index (χ3n) is 3.63. The van der Waals surface area contributed by atoms with Crippen molar-refractivity contribution in [1.29, 1.82) is 0 Å². The maximum absolute atomic E-state index is 5.42. The summed E-state index contributed by atoms with van der Waals surface area (Å²) in [6.45, 7) is 0. The van der Waals surface area contributed by atoms with Gasteiger partial charge in [-0.05, 0) is 25.0 Å². The molecule has 0 amide bonds. The number of aromatic nitrogens is 3. The lowest BCUT2D eigenvalue weighted by Gasteiger charge is -2.00. The van der Waals surface area contributed by atoms with Crippen molar-refractivity contribution in [1.82, 2.24) is 15.1 Å². The van der Waals surface area contributed by atoms with Gasteiger partial charge in [0.25, 0.3) is 0 Å². The molecule has 0 bridgehead atoms. The van der Waals surface area contributed by atoms with Gasteiger partial charge in [-0.1, -0.05) is 29.4 Å². The van der Waals surface area contributed by atoms with Gasteiger partial charge in [-0.25, -0.2) is 0 Å².